The highest BCUT2D eigenvalue weighted by atomic mass is 35.5. The molecule has 0 aliphatic rings. The van der Waals surface area contributed by atoms with Crippen molar-refractivity contribution >= 4 is 16.8 Å². The van der Waals surface area contributed by atoms with Crippen molar-refractivity contribution in [3.8, 4) is 23.0 Å². The van der Waals surface area contributed by atoms with Gasteiger partial charge in [0.25, 0.3) is 5.24 Å². The third kappa shape index (κ3) is 4.97. The van der Waals surface area contributed by atoms with Crippen LogP contribution in [0.1, 0.15) is 15.9 Å². The minimum Gasteiger partial charge on any atom is -0.493 e. The zero-order valence-corrected chi connectivity index (χ0v) is 14.3. The van der Waals surface area contributed by atoms with E-state index in [1.165, 1.54) is 0 Å². The van der Waals surface area contributed by atoms with Gasteiger partial charge in [-0.15, -0.1) is 13.2 Å². The van der Waals surface area contributed by atoms with Crippen molar-refractivity contribution in [2.24, 2.45) is 0 Å². The summed E-state index contributed by atoms with van der Waals surface area (Å²) in [5.74, 6) is -4.01. The van der Waals surface area contributed by atoms with Crippen LogP contribution in [0.15, 0.2) is 30.3 Å². The van der Waals surface area contributed by atoms with Gasteiger partial charge in [0.05, 0.1) is 12.7 Å². The molecule has 152 valence electrons. The summed E-state index contributed by atoms with van der Waals surface area (Å²) >= 11 is 5.17. The van der Waals surface area contributed by atoms with Gasteiger partial charge in [0, 0.05) is 6.07 Å². The van der Waals surface area contributed by atoms with Crippen molar-refractivity contribution in [1.29, 1.82) is 0 Å². The van der Waals surface area contributed by atoms with E-state index in [9.17, 15) is 35.5 Å². The number of halogens is 8. The van der Waals surface area contributed by atoms with Gasteiger partial charge in [-0.1, -0.05) is 0 Å². The molecule has 0 heterocycles. The van der Waals surface area contributed by atoms with Gasteiger partial charge in [0.2, 0.25) is 0 Å². The number of benzene rings is 2. The fourth-order valence-electron chi connectivity index (χ4n) is 2.09. The Balaban J connectivity index is 2.48. The minimum atomic E-state index is -5.10. The Hall–Kier alpha value is -2.69. The number of carbonyl (C=O) groups is 1. The summed E-state index contributed by atoms with van der Waals surface area (Å²) in [6, 6.07) is 3.46. The highest BCUT2D eigenvalue weighted by molar-refractivity contribution is 6.68. The Labute approximate surface area is 157 Å². The highest BCUT2D eigenvalue weighted by Crippen LogP contribution is 2.40. The van der Waals surface area contributed by atoms with Crippen LogP contribution >= 0.6 is 11.6 Å². The van der Waals surface area contributed by atoms with E-state index in [1.54, 1.807) is 0 Å². The van der Waals surface area contributed by atoms with Crippen LogP contribution in [-0.4, -0.2) is 18.7 Å². The standard InChI is InChI=1S/C16H8ClF7O4/c1-26-11-6-7(28-16(22,23)24)2-4-9(11)27-10-5-3-8(15(19,20)21)13(18)12(10)14(17)25/h2-6H,1H3. The largest absolute Gasteiger partial charge is 0.573 e. The van der Waals surface area contributed by atoms with E-state index in [-0.39, 0.29) is 11.5 Å². The molecule has 4 nitrogen and oxygen atoms in total. The maximum Gasteiger partial charge on any atom is 0.573 e. The molecule has 0 unspecified atom stereocenters. The quantitative estimate of drug-likeness (QED) is 0.434. The van der Waals surface area contributed by atoms with Crippen molar-refractivity contribution < 1.29 is 49.7 Å². The molecule has 0 aromatic heterocycles. The molecule has 0 saturated heterocycles. The molecule has 2 rings (SSSR count). The predicted octanol–water partition coefficient (Wildman–Crippen LogP) is 5.92. The third-order valence-electron chi connectivity index (χ3n) is 3.19. The van der Waals surface area contributed by atoms with Crippen LogP contribution in [0.3, 0.4) is 0 Å². The minimum absolute atomic E-state index is 0.321. The lowest BCUT2D eigenvalue weighted by Crippen LogP contribution is -2.17. The van der Waals surface area contributed by atoms with Crippen LogP contribution in [-0.2, 0) is 6.18 Å². The fraction of sp³-hybridized carbons (Fsp3) is 0.188. The fourth-order valence-corrected chi connectivity index (χ4v) is 2.27. The molecule has 0 N–H and O–H groups in total. The molecule has 2 aromatic rings. The Kier molecular flexibility index (Phi) is 5.97. The number of hydrogen-bond donors (Lipinski definition) is 0. The van der Waals surface area contributed by atoms with Crippen LogP contribution in [0.5, 0.6) is 23.0 Å². The van der Waals surface area contributed by atoms with Crippen molar-refractivity contribution in [2.75, 3.05) is 7.11 Å². The molecule has 0 fully saturated rings. The first-order chi connectivity index (χ1) is 12.8. The third-order valence-corrected chi connectivity index (χ3v) is 3.38. The van der Waals surface area contributed by atoms with E-state index in [0.717, 1.165) is 25.3 Å². The van der Waals surface area contributed by atoms with E-state index < -0.39 is 46.2 Å². The van der Waals surface area contributed by atoms with Crippen molar-refractivity contribution in [3.63, 3.8) is 0 Å². The van der Waals surface area contributed by atoms with Crippen molar-refractivity contribution in [3.05, 3.63) is 47.3 Å². The Morgan fingerprint density at radius 3 is 2.07 bits per heavy atom. The molecule has 0 bridgehead atoms. The van der Waals surface area contributed by atoms with Gasteiger partial charge in [0.1, 0.15) is 17.1 Å². The molecule has 0 aliphatic heterocycles. The number of methoxy groups -OCH3 is 1. The summed E-state index contributed by atoms with van der Waals surface area (Å²) < 4.78 is 103. The molecule has 0 aliphatic carbocycles. The molecule has 0 spiro atoms. The van der Waals surface area contributed by atoms with Crippen LogP contribution in [0.2, 0.25) is 0 Å². The number of ether oxygens (including phenoxy) is 3. The van der Waals surface area contributed by atoms with E-state index >= 15 is 0 Å². The maximum absolute atomic E-state index is 14.1. The summed E-state index contributed by atoms with van der Waals surface area (Å²) in [6.45, 7) is 0. The Morgan fingerprint density at radius 1 is 0.964 bits per heavy atom. The van der Waals surface area contributed by atoms with Crippen LogP contribution in [0, 0.1) is 5.82 Å². The normalized spacial score (nSPS) is 11.9. The molecule has 0 amide bonds. The average molecular weight is 433 g/mol. The number of carbonyl (C=O) groups excluding carboxylic acids is 1. The van der Waals surface area contributed by atoms with Crippen LogP contribution in [0.4, 0.5) is 30.7 Å². The van der Waals surface area contributed by atoms with Crippen LogP contribution in [0.25, 0.3) is 0 Å². The summed E-state index contributed by atoms with van der Waals surface area (Å²) in [4.78, 5) is 11.4. The van der Waals surface area contributed by atoms with E-state index in [2.05, 4.69) is 4.74 Å². The maximum atomic E-state index is 14.1. The van der Waals surface area contributed by atoms with E-state index in [4.69, 9.17) is 21.1 Å². The molecule has 0 saturated carbocycles. The first-order valence-corrected chi connectivity index (χ1v) is 7.42. The lowest BCUT2D eigenvalue weighted by Gasteiger charge is -2.16. The number of rotatable bonds is 5. The van der Waals surface area contributed by atoms with Crippen LogP contribution < -0.4 is 14.2 Å². The molecule has 0 atom stereocenters. The van der Waals surface area contributed by atoms with Crippen molar-refractivity contribution in [1.82, 2.24) is 0 Å². The molecule has 0 radical (unpaired) electrons. The second-order valence-corrected chi connectivity index (χ2v) is 5.38. The van der Waals surface area contributed by atoms with Gasteiger partial charge in [-0.25, -0.2) is 4.39 Å². The van der Waals surface area contributed by atoms with Crippen molar-refractivity contribution in [2.45, 2.75) is 12.5 Å². The molecule has 12 heteroatoms. The van der Waals surface area contributed by atoms with Gasteiger partial charge >= 0.3 is 12.5 Å². The zero-order chi connectivity index (χ0) is 21.3. The lowest BCUT2D eigenvalue weighted by atomic mass is 10.1. The van der Waals surface area contributed by atoms with E-state index in [0.29, 0.717) is 12.1 Å². The average Bonchev–Trinajstić information content (AvgIpc) is 2.53. The topological polar surface area (TPSA) is 44.8 Å². The summed E-state index contributed by atoms with van der Waals surface area (Å²) in [7, 11) is 1.06. The molecular formula is C16H8ClF7O4. The predicted molar refractivity (Wildman–Crippen MR) is 81.3 cm³/mol. The summed E-state index contributed by atoms with van der Waals surface area (Å²) in [6.07, 6.45) is -10.1. The van der Waals surface area contributed by atoms with Gasteiger partial charge in [0.15, 0.2) is 17.3 Å². The smallest absolute Gasteiger partial charge is 0.493 e. The molecule has 28 heavy (non-hydrogen) atoms. The van der Waals surface area contributed by atoms with Gasteiger partial charge < -0.3 is 14.2 Å². The number of hydrogen-bond acceptors (Lipinski definition) is 4. The molecular weight excluding hydrogens is 425 g/mol. The van der Waals surface area contributed by atoms with Gasteiger partial charge in [-0.05, 0) is 35.9 Å². The SMILES string of the molecule is COc1cc(OC(F)(F)F)ccc1Oc1ccc(C(F)(F)F)c(F)c1C(=O)Cl. The Morgan fingerprint density at radius 2 is 1.57 bits per heavy atom. The monoisotopic (exact) mass is 432 g/mol. The number of alkyl halides is 6. The first kappa shape index (κ1) is 21.6. The molecule has 2 aromatic carbocycles. The van der Waals surface area contributed by atoms with E-state index in [1.807, 2.05) is 0 Å². The zero-order valence-electron chi connectivity index (χ0n) is 13.5. The van der Waals surface area contributed by atoms with Gasteiger partial charge in [-0.2, -0.15) is 13.2 Å². The first-order valence-electron chi connectivity index (χ1n) is 7.04. The van der Waals surface area contributed by atoms with Gasteiger partial charge in [-0.3, -0.25) is 4.79 Å². The summed E-state index contributed by atoms with van der Waals surface area (Å²) in [5, 5.41) is -1.57. The Bertz CT molecular complexity index is 894. The lowest BCUT2D eigenvalue weighted by molar-refractivity contribution is -0.274. The second-order valence-electron chi connectivity index (χ2n) is 5.03. The highest BCUT2D eigenvalue weighted by Gasteiger charge is 2.37. The second kappa shape index (κ2) is 7.74. The summed E-state index contributed by atoms with van der Waals surface area (Å²) in [5.41, 5.74) is -2.95.